The van der Waals surface area contributed by atoms with Crippen molar-refractivity contribution in [2.24, 2.45) is 5.14 Å². The Hall–Kier alpha value is -3.21. The molecule has 13 heteroatoms. The Kier molecular flexibility index (Phi) is 7.93. The summed E-state index contributed by atoms with van der Waals surface area (Å²) in [6.07, 6.45) is 1.09. The van der Waals surface area contributed by atoms with Gasteiger partial charge in [0.05, 0.1) is 23.0 Å². The fourth-order valence-corrected chi connectivity index (χ4v) is 6.31. The zero-order valence-corrected chi connectivity index (χ0v) is 23.5. The molecule has 2 bridgehead atoms. The van der Waals surface area contributed by atoms with Crippen molar-refractivity contribution in [2.75, 3.05) is 19.6 Å². The van der Waals surface area contributed by atoms with E-state index in [1.165, 1.54) is 17.0 Å². The SMILES string of the molecule is C[C@@H](c1cccc(S(N)(=O)=O)c1)N1C(=O)C2C[C@H]1CN2CC(NC(=O)OC(C)(C)C)C(=O)N1CCCC1C#N. The number of likely N-dealkylation sites (tertiary alicyclic amines) is 3. The van der Waals surface area contributed by atoms with Gasteiger partial charge in [-0.15, -0.1) is 0 Å². The van der Waals surface area contributed by atoms with E-state index in [-0.39, 0.29) is 35.3 Å². The van der Waals surface area contributed by atoms with Gasteiger partial charge in [0.2, 0.25) is 21.8 Å². The first-order valence-electron chi connectivity index (χ1n) is 13.1. The molecule has 4 rings (SSSR count). The lowest BCUT2D eigenvalue weighted by molar-refractivity contribution is -0.141. The number of carbonyl (C=O) groups is 3. The molecule has 3 fully saturated rings. The number of carbonyl (C=O) groups excluding carboxylic acids is 3. The van der Waals surface area contributed by atoms with Crippen molar-refractivity contribution in [3.63, 3.8) is 0 Å². The van der Waals surface area contributed by atoms with Crippen LogP contribution in [0.2, 0.25) is 0 Å². The maximum absolute atomic E-state index is 13.5. The van der Waals surface area contributed by atoms with Gasteiger partial charge < -0.3 is 19.9 Å². The third kappa shape index (κ3) is 6.18. The molecule has 1 aromatic rings. The topological polar surface area (TPSA) is 166 Å². The van der Waals surface area contributed by atoms with Crippen LogP contribution in [0.25, 0.3) is 0 Å². The summed E-state index contributed by atoms with van der Waals surface area (Å²) in [7, 11) is -3.88. The lowest BCUT2D eigenvalue weighted by atomic mass is 10.1. The monoisotopic (exact) mass is 560 g/mol. The summed E-state index contributed by atoms with van der Waals surface area (Å²) in [5, 5.41) is 17.5. The van der Waals surface area contributed by atoms with Crippen LogP contribution in [0, 0.1) is 11.3 Å². The summed E-state index contributed by atoms with van der Waals surface area (Å²) in [6, 6.07) is 5.86. The molecule has 0 aliphatic carbocycles. The summed E-state index contributed by atoms with van der Waals surface area (Å²) in [5.41, 5.74) is -0.106. The van der Waals surface area contributed by atoms with E-state index >= 15 is 0 Å². The number of piperazine rings is 1. The molecule has 3 saturated heterocycles. The summed E-state index contributed by atoms with van der Waals surface area (Å²) < 4.78 is 29.0. The van der Waals surface area contributed by atoms with Gasteiger partial charge in [0.1, 0.15) is 17.7 Å². The van der Waals surface area contributed by atoms with Crippen molar-refractivity contribution in [3.05, 3.63) is 29.8 Å². The zero-order chi connectivity index (χ0) is 28.7. The van der Waals surface area contributed by atoms with Gasteiger partial charge in [0.15, 0.2) is 0 Å². The van der Waals surface area contributed by atoms with Crippen molar-refractivity contribution in [1.29, 1.82) is 5.26 Å². The molecule has 1 aromatic carbocycles. The number of amides is 3. The number of alkyl carbamates (subject to hydrolysis) is 1. The second kappa shape index (κ2) is 10.7. The van der Waals surface area contributed by atoms with Crippen LogP contribution in [0.3, 0.4) is 0 Å². The van der Waals surface area contributed by atoms with Crippen molar-refractivity contribution in [1.82, 2.24) is 20.0 Å². The van der Waals surface area contributed by atoms with Crippen LogP contribution in [0.15, 0.2) is 29.2 Å². The largest absolute Gasteiger partial charge is 0.444 e. The number of rotatable bonds is 7. The van der Waals surface area contributed by atoms with Crippen LogP contribution >= 0.6 is 0 Å². The van der Waals surface area contributed by atoms with E-state index in [0.717, 1.165) is 0 Å². The van der Waals surface area contributed by atoms with E-state index in [1.54, 1.807) is 37.8 Å². The van der Waals surface area contributed by atoms with Crippen LogP contribution in [0.4, 0.5) is 4.79 Å². The Labute approximate surface area is 229 Å². The first kappa shape index (κ1) is 28.8. The number of nitrogens with two attached hydrogens (primary N) is 1. The number of nitrogens with zero attached hydrogens (tertiary/aromatic N) is 4. The highest BCUT2D eigenvalue weighted by molar-refractivity contribution is 7.89. The lowest BCUT2D eigenvalue weighted by Gasteiger charge is -2.39. The van der Waals surface area contributed by atoms with Gasteiger partial charge in [-0.1, -0.05) is 12.1 Å². The van der Waals surface area contributed by atoms with E-state index in [1.807, 2.05) is 11.8 Å². The zero-order valence-electron chi connectivity index (χ0n) is 22.7. The quantitative estimate of drug-likeness (QED) is 0.500. The molecule has 0 radical (unpaired) electrons. The van der Waals surface area contributed by atoms with Gasteiger partial charge in [-0.25, -0.2) is 18.4 Å². The smallest absolute Gasteiger partial charge is 0.408 e. The van der Waals surface area contributed by atoms with Crippen LogP contribution in [0.1, 0.15) is 58.6 Å². The molecule has 0 aromatic heterocycles. The molecule has 3 unspecified atom stereocenters. The van der Waals surface area contributed by atoms with Crippen molar-refractivity contribution >= 4 is 27.9 Å². The van der Waals surface area contributed by atoms with E-state index in [2.05, 4.69) is 11.4 Å². The summed E-state index contributed by atoms with van der Waals surface area (Å²) >= 11 is 0. The molecule has 0 saturated carbocycles. The van der Waals surface area contributed by atoms with Gasteiger partial charge in [-0.2, -0.15) is 5.26 Å². The fraction of sp³-hybridized carbons (Fsp3) is 0.615. The molecular weight excluding hydrogens is 524 g/mol. The molecule has 3 aliphatic heterocycles. The number of hydrogen-bond acceptors (Lipinski definition) is 8. The minimum Gasteiger partial charge on any atom is -0.444 e. The van der Waals surface area contributed by atoms with Crippen LogP contribution in [-0.4, -0.2) is 90.4 Å². The minimum atomic E-state index is -3.88. The minimum absolute atomic E-state index is 0.0163. The van der Waals surface area contributed by atoms with Gasteiger partial charge >= 0.3 is 6.09 Å². The number of primary sulfonamides is 1. The Morgan fingerprint density at radius 2 is 2.03 bits per heavy atom. The highest BCUT2D eigenvalue weighted by atomic mass is 32.2. The molecule has 3 N–H and O–H groups in total. The van der Waals surface area contributed by atoms with Crippen LogP contribution in [0.5, 0.6) is 0 Å². The molecule has 3 amide bonds. The molecule has 39 heavy (non-hydrogen) atoms. The molecular formula is C26H36N6O6S. The molecule has 3 heterocycles. The molecule has 0 spiro atoms. The summed E-state index contributed by atoms with van der Waals surface area (Å²) in [5.74, 6) is -0.496. The fourth-order valence-electron chi connectivity index (χ4n) is 5.75. The predicted molar refractivity (Wildman–Crippen MR) is 140 cm³/mol. The van der Waals surface area contributed by atoms with Gasteiger partial charge in [0, 0.05) is 25.7 Å². The van der Waals surface area contributed by atoms with E-state index in [0.29, 0.717) is 37.9 Å². The van der Waals surface area contributed by atoms with Crippen molar-refractivity contribution in [2.45, 2.75) is 87.7 Å². The second-order valence-corrected chi connectivity index (χ2v) is 13.0. The Bertz CT molecular complexity index is 1290. The maximum atomic E-state index is 13.5. The molecule has 3 aliphatic rings. The lowest BCUT2D eigenvalue weighted by Crippen LogP contribution is -2.59. The number of nitrogens with one attached hydrogen (secondary N) is 1. The number of sulfonamides is 1. The summed E-state index contributed by atoms with van der Waals surface area (Å²) in [6.45, 7) is 8.03. The van der Waals surface area contributed by atoms with Crippen molar-refractivity contribution in [3.8, 4) is 6.07 Å². The number of nitriles is 1. The normalized spacial score (nSPS) is 24.9. The average Bonchev–Trinajstić information content (AvgIpc) is 3.55. The van der Waals surface area contributed by atoms with E-state index in [4.69, 9.17) is 9.88 Å². The Balaban J connectivity index is 1.50. The third-order valence-electron chi connectivity index (χ3n) is 7.49. The molecule has 5 atom stereocenters. The predicted octanol–water partition coefficient (Wildman–Crippen LogP) is 1.09. The highest BCUT2D eigenvalue weighted by Gasteiger charge is 2.52. The average molecular weight is 561 g/mol. The standard InChI is InChI=1S/C26H36N6O6S/c1-16(17-7-5-9-20(11-17)39(28,36)37)32-19-12-22(24(32)34)30(14-19)15-21(29-25(35)38-26(2,3)4)23(33)31-10-6-8-18(31)13-27/h5,7,9,11,16,18-19,21-22H,6,8,10,12,14-15H2,1-4H3,(H,29,35)(H2,28,36,37)/t16-,18?,19-,21?,22?/m0/s1. The molecule has 212 valence electrons. The second-order valence-electron chi connectivity index (χ2n) is 11.4. The van der Waals surface area contributed by atoms with Crippen molar-refractivity contribution < 1.29 is 27.5 Å². The first-order valence-corrected chi connectivity index (χ1v) is 14.6. The number of fused-ring (bicyclic) bond motifs is 2. The van der Waals surface area contributed by atoms with E-state index < -0.39 is 39.8 Å². The Morgan fingerprint density at radius 3 is 2.64 bits per heavy atom. The number of benzene rings is 1. The van der Waals surface area contributed by atoms with Gasteiger partial charge in [-0.05, 0) is 64.7 Å². The van der Waals surface area contributed by atoms with Crippen LogP contribution in [-0.2, 0) is 24.3 Å². The maximum Gasteiger partial charge on any atom is 0.408 e. The number of ether oxygens (including phenoxy) is 1. The van der Waals surface area contributed by atoms with Gasteiger partial charge in [0.25, 0.3) is 0 Å². The number of hydrogen-bond donors (Lipinski definition) is 2. The highest BCUT2D eigenvalue weighted by Crippen LogP contribution is 2.38. The Morgan fingerprint density at radius 1 is 1.31 bits per heavy atom. The summed E-state index contributed by atoms with van der Waals surface area (Å²) in [4.78, 5) is 44.7. The first-order chi connectivity index (χ1) is 18.2. The van der Waals surface area contributed by atoms with Gasteiger partial charge in [-0.3, -0.25) is 14.5 Å². The van der Waals surface area contributed by atoms with Crippen LogP contribution < -0.4 is 10.5 Å². The van der Waals surface area contributed by atoms with E-state index in [9.17, 15) is 28.1 Å². The molecule has 12 nitrogen and oxygen atoms in total. The third-order valence-corrected chi connectivity index (χ3v) is 8.40.